The van der Waals surface area contributed by atoms with Crippen LogP contribution in [0.25, 0.3) is 0 Å². The highest BCUT2D eigenvalue weighted by Crippen LogP contribution is 2.17. The van der Waals surface area contributed by atoms with Crippen molar-refractivity contribution in [3.05, 3.63) is 85.7 Å². The molecule has 0 saturated carbocycles. The maximum atomic E-state index is 12.7. The Hall–Kier alpha value is -3.99. The van der Waals surface area contributed by atoms with Gasteiger partial charge in [-0.2, -0.15) is 5.26 Å². The van der Waals surface area contributed by atoms with Gasteiger partial charge in [0.2, 0.25) is 5.91 Å². The fraction of sp³-hybridized carbons (Fsp3) is 0.514. The molecule has 0 aromatic heterocycles. The molecule has 1 amide bonds. The summed E-state index contributed by atoms with van der Waals surface area (Å²) in [5.74, 6) is 0.00885. The molecule has 0 aliphatic rings. The minimum atomic E-state index is 0.00885. The molecule has 43 heavy (non-hydrogen) atoms. The van der Waals surface area contributed by atoms with Crippen molar-refractivity contribution in [3.8, 4) is 6.07 Å². The molecule has 0 N–H and O–H groups in total. The standard InChI is InChI=1S/C35H57N7O/c1-15-38(10)32(8)25-42(14)35(43)26-41(13)33(9)24-40(12)31(7)21-22-39(11)30(6)19-20-34(28(4)23-36)37-29(5)18-16-17-27(2)3/h2,4-9,15-22,24-26H2,1,3,10-14H3. The fourth-order valence-electron chi connectivity index (χ4n) is 3.93. The van der Waals surface area contributed by atoms with Gasteiger partial charge in [-0.05, 0) is 46.0 Å². The number of carbonyl (C=O) groups excluding carboxylic acids is 1. The molecule has 0 aromatic carbocycles. The summed E-state index contributed by atoms with van der Waals surface area (Å²) in [5, 5.41) is 9.41. The SMILES string of the molecule is C=C(C)CCCC(=C)N=C(CCC(=C)N(C)CCC(=C)N(C)CC(=C)N(C)CC(=O)N(C)CC(=C)N(C)CC)C(=C)C#N. The molecule has 0 aliphatic carbocycles. The molecule has 0 atom stereocenters. The van der Waals surface area contributed by atoms with Crippen molar-refractivity contribution in [2.75, 3.05) is 68.0 Å². The average Bonchev–Trinajstić information content (AvgIpc) is 2.95. The smallest absolute Gasteiger partial charge is 0.242 e. The maximum Gasteiger partial charge on any atom is 0.242 e. The number of rotatable bonds is 23. The minimum Gasteiger partial charge on any atom is -0.378 e. The number of carbonyl (C=O) groups is 1. The summed E-state index contributed by atoms with van der Waals surface area (Å²) in [6.07, 6.45) is 4.59. The highest BCUT2D eigenvalue weighted by molar-refractivity contribution is 6.03. The van der Waals surface area contributed by atoms with E-state index >= 15 is 0 Å². The topological polar surface area (TPSA) is 69.4 Å². The summed E-state index contributed by atoms with van der Waals surface area (Å²) in [7, 11) is 9.63. The summed E-state index contributed by atoms with van der Waals surface area (Å²) < 4.78 is 0. The van der Waals surface area contributed by atoms with E-state index in [4.69, 9.17) is 0 Å². The summed E-state index contributed by atoms with van der Waals surface area (Å²) in [6.45, 7) is 35.6. The molecular formula is C35H57N7O. The van der Waals surface area contributed by atoms with Gasteiger partial charge in [-0.1, -0.05) is 45.0 Å². The monoisotopic (exact) mass is 591 g/mol. The van der Waals surface area contributed by atoms with Crippen LogP contribution in [0.2, 0.25) is 0 Å². The third-order valence-corrected chi connectivity index (χ3v) is 7.50. The molecule has 0 unspecified atom stereocenters. The summed E-state index contributed by atoms with van der Waals surface area (Å²) in [4.78, 5) is 27.1. The first-order valence-corrected chi connectivity index (χ1v) is 14.8. The number of nitrogens with zero attached hydrogens (tertiary/aromatic N) is 7. The zero-order valence-corrected chi connectivity index (χ0v) is 28.3. The fourth-order valence-corrected chi connectivity index (χ4v) is 3.93. The Kier molecular flexibility index (Phi) is 18.2. The summed E-state index contributed by atoms with van der Waals surface area (Å²) >= 11 is 0. The van der Waals surface area contributed by atoms with Crippen LogP contribution in [-0.4, -0.2) is 104 Å². The lowest BCUT2D eigenvalue weighted by Crippen LogP contribution is -2.40. The molecule has 0 saturated heterocycles. The molecule has 0 fully saturated rings. The second-order valence-corrected chi connectivity index (χ2v) is 11.4. The zero-order valence-electron chi connectivity index (χ0n) is 28.3. The zero-order chi connectivity index (χ0) is 33.3. The number of likely N-dealkylation sites (N-methyl/N-ethyl adjacent to an activating group) is 4. The van der Waals surface area contributed by atoms with Crippen molar-refractivity contribution < 1.29 is 4.79 Å². The predicted octanol–water partition coefficient (Wildman–Crippen LogP) is 6.20. The van der Waals surface area contributed by atoms with Crippen LogP contribution in [0, 0.1) is 11.3 Å². The quantitative estimate of drug-likeness (QED) is 0.0801. The third-order valence-electron chi connectivity index (χ3n) is 7.50. The van der Waals surface area contributed by atoms with Gasteiger partial charge in [0.05, 0.1) is 30.9 Å². The van der Waals surface area contributed by atoms with Crippen LogP contribution in [0.1, 0.15) is 52.4 Å². The predicted molar refractivity (Wildman–Crippen MR) is 184 cm³/mol. The molecule has 0 rings (SSSR count). The largest absolute Gasteiger partial charge is 0.378 e. The molecule has 8 nitrogen and oxygen atoms in total. The molecule has 0 aromatic rings. The Morgan fingerprint density at radius 2 is 1.21 bits per heavy atom. The van der Waals surface area contributed by atoms with Crippen LogP contribution >= 0.6 is 0 Å². The van der Waals surface area contributed by atoms with Gasteiger partial charge < -0.3 is 24.5 Å². The van der Waals surface area contributed by atoms with Crippen LogP contribution in [0.5, 0.6) is 0 Å². The van der Waals surface area contributed by atoms with Crippen LogP contribution < -0.4 is 0 Å². The molecule has 0 heterocycles. The first-order chi connectivity index (χ1) is 20.0. The van der Waals surface area contributed by atoms with Gasteiger partial charge in [0.1, 0.15) is 6.07 Å². The van der Waals surface area contributed by atoms with Gasteiger partial charge in [0.15, 0.2) is 0 Å². The molecule has 238 valence electrons. The minimum absolute atomic E-state index is 0.00885. The Morgan fingerprint density at radius 3 is 1.77 bits per heavy atom. The molecule has 0 spiro atoms. The van der Waals surface area contributed by atoms with E-state index in [1.54, 1.807) is 11.9 Å². The van der Waals surface area contributed by atoms with E-state index in [-0.39, 0.29) is 12.5 Å². The van der Waals surface area contributed by atoms with Crippen molar-refractivity contribution in [1.29, 1.82) is 5.26 Å². The van der Waals surface area contributed by atoms with Gasteiger partial charge in [-0.15, -0.1) is 6.58 Å². The van der Waals surface area contributed by atoms with Crippen molar-refractivity contribution >= 4 is 11.6 Å². The van der Waals surface area contributed by atoms with E-state index in [9.17, 15) is 10.1 Å². The number of hydrogen-bond acceptors (Lipinski definition) is 7. The molecule has 0 bridgehead atoms. The van der Waals surface area contributed by atoms with Crippen molar-refractivity contribution in [1.82, 2.24) is 24.5 Å². The van der Waals surface area contributed by atoms with E-state index in [2.05, 4.69) is 73.8 Å². The van der Waals surface area contributed by atoms with Crippen molar-refractivity contribution in [3.63, 3.8) is 0 Å². The Bertz CT molecular complexity index is 1120. The number of hydrogen-bond donors (Lipinski definition) is 0. The van der Waals surface area contributed by atoms with Gasteiger partial charge in [-0.25, -0.2) is 0 Å². The van der Waals surface area contributed by atoms with E-state index in [0.717, 1.165) is 72.8 Å². The van der Waals surface area contributed by atoms with Gasteiger partial charge in [0, 0.05) is 83.2 Å². The Morgan fingerprint density at radius 1 is 0.674 bits per heavy atom. The van der Waals surface area contributed by atoms with Gasteiger partial charge in [0.25, 0.3) is 0 Å². The Labute approximate surface area is 263 Å². The average molecular weight is 592 g/mol. The van der Waals surface area contributed by atoms with E-state index in [0.29, 0.717) is 37.2 Å². The molecule has 0 aliphatic heterocycles. The lowest BCUT2D eigenvalue weighted by Gasteiger charge is -2.31. The van der Waals surface area contributed by atoms with Crippen molar-refractivity contribution in [2.45, 2.75) is 52.4 Å². The normalized spacial score (nSPS) is 10.7. The van der Waals surface area contributed by atoms with Crippen LogP contribution in [0.15, 0.2) is 90.7 Å². The van der Waals surface area contributed by atoms with E-state index < -0.39 is 0 Å². The van der Waals surface area contributed by atoms with Crippen molar-refractivity contribution in [2.24, 2.45) is 4.99 Å². The van der Waals surface area contributed by atoms with E-state index in [1.165, 1.54) is 0 Å². The van der Waals surface area contributed by atoms with Crippen LogP contribution in [-0.2, 0) is 4.79 Å². The number of nitriles is 1. The number of aliphatic imine (C=N–C) groups is 1. The van der Waals surface area contributed by atoms with Crippen LogP contribution in [0.3, 0.4) is 0 Å². The highest BCUT2D eigenvalue weighted by atomic mass is 16.2. The van der Waals surface area contributed by atoms with Gasteiger partial charge >= 0.3 is 0 Å². The second kappa shape index (κ2) is 20.0. The van der Waals surface area contributed by atoms with Crippen LogP contribution in [0.4, 0.5) is 0 Å². The highest BCUT2D eigenvalue weighted by Gasteiger charge is 2.16. The number of amides is 1. The van der Waals surface area contributed by atoms with E-state index in [1.807, 2.05) is 44.9 Å². The maximum absolute atomic E-state index is 12.7. The molecule has 0 radical (unpaired) electrons. The number of allylic oxidation sites excluding steroid dienone is 4. The lowest BCUT2D eigenvalue weighted by atomic mass is 10.1. The Balaban J connectivity index is 4.80. The first kappa shape index (κ1) is 39.0. The second-order valence-electron chi connectivity index (χ2n) is 11.4. The first-order valence-electron chi connectivity index (χ1n) is 14.8. The molecule has 8 heteroatoms. The third kappa shape index (κ3) is 15.7. The molecular weight excluding hydrogens is 534 g/mol. The summed E-state index contributed by atoms with van der Waals surface area (Å²) in [5.41, 5.74) is 6.55. The summed E-state index contributed by atoms with van der Waals surface area (Å²) in [6, 6.07) is 2.13. The van der Waals surface area contributed by atoms with Gasteiger partial charge in [-0.3, -0.25) is 9.79 Å². The lowest BCUT2D eigenvalue weighted by molar-refractivity contribution is -0.130.